The van der Waals surface area contributed by atoms with Crippen LogP contribution in [0.1, 0.15) is 26.2 Å². The Bertz CT molecular complexity index is 244. The van der Waals surface area contributed by atoms with Gasteiger partial charge in [-0.3, -0.25) is 0 Å². The Hall–Kier alpha value is -1.30. The van der Waals surface area contributed by atoms with Crippen molar-refractivity contribution in [2.24, 2.45) is 0 Å². The lowest BCUT2D eigenvalue weighted by atomic mass is 10.2. The van der Waals surface area contributed by atoms with Crippen molar-refractivity contribution in [3.8, 4) is 0 Å². The van der Waals surface area contributed by atoms with E-state index in [1.54, 1.807) is 0 Å². The Balaban J connectivity index is 3.98. The predicted molar refractivity (Wildman–Crippen MR) is 64.0 cm³/mol. The fourth-order valence-corrected chi connectivity index (χ4v) is 1.14. The van der Waals surface area contributed by atoms with E-state index in [1.807, 2.05) is 25.9 Å². The number of carbonyl (C=O) groups is 2. The molecule has 0 radical (unpaired) electrons. The zero-order valence-corrected chi connectivity index (χ0v) is 10.7. The van der Waals surface area contributed by atoms with Crippen molar-refractivity contribution in [1.29, 1.82) is 0 Å². The molecule has 0 aromatic heterocycles. The third-order valence-corrected chi connectivity index (χ3v) is 2.19. The molecule has 0 aliphatic carbocycles. The second kappa shape index (κ2) is 8.81. The molecule has 0 fully saturated rings. The average molecular weight is 246 g/mol. The van der Waals surface area contributed by atoms with Gasteiger partial charge < -0.3 is 20.1 Å². The van der Waals surface area contributed by atoms with Crippen LogP contribution in [-0.2, 0) is 9.53 Å². The standard InChI is InChI=1S/C11H22N2O4/c1-4-5-8-17-11(16)12-9(10(14)15)6-7-13(2)3/h9H,4-8H2,1-3H3,(H,12,16)(H,14,15). The molecule has 17 heavy (non-hydrogen) atoms. The van der Waals surface area contributed by atoms with Crippen LogP contribution in [0, 0.1) is 0 Å². The van der Waals surface area contributed by atoms with Gasteiger partial charge in [0.05, 0.1) is 6.61 Å². The van der Waals surface area contributed by atoms with Crippen molar-refractivity contribution in [3.05, 3.63) is 0 Å². The van der Waals surface area contributed by atoms with Crippen LogP contribution in [0.15, 0.2) is 0 Å². The summed E-state index contributed by atoms with van der Waals surface area (Å²) in [6.07, 6.45) is 1.40. The van der Waals surface area contributed by atoms with Crippen LogP contribution in [0.4, 0.5) is 4.79 Å². The largest absolute Gasteiger partial charge is 0.480 e. The molecular weight excluding hydrogens is 224 g/mol. The summed E-state index contributed by atoms with van der Waals surface area (Å²) in [6, 6.07) is -0.897. The second-order valence-electron chi connectivity index (χ2n) is 4.12. The first-order valence-electron chi connectivity index (χ1n) is 5.78. The van der Waals surface area contributed by atoms with E-state index >= 15 is 0 Å². The number of amides is 1. The van der Waals surface area contributed by atoms with Crippen molar-refractivity contribution in [3.63, 3.8) is 0 Å². The van der Waals surface area contributed by atoms with Gasteiger partial charge in [-0.05, 0) is 26.9 Å². The number of carboxylic acid groups (broad SMARTS) is 1. The summed E-state index contributed by atoms with van der Waals surface area (Å²) < 4.78 is 4.84. The second-order valence-corrected chi connectivity index (χ2v) is 4.12. The number of nitrogens with zero attached hydrogens (tertiary/aromatic N) is 1. The molecule has 0 aromatic rings. The molecule has 1 amide bonds. The van der Waals surface area contributed by atoms with Gasteiger partial charge >= 0.3 is 12.1 Å². The number of rotatable bonds is 8. The summed E-state index contributed by atoms with van der Waals surface area (Å²) >= 11 is 0. The van der Waals surface area contributed by atoms with Gasteiger partial charge in [-0.2, -0.15) is 0 Å². The number of carboxylic acids is 1. The zero-order chi connectivity index (χ0) is 13.3. The Morgan fingerprint density at radius 1 is 1.41 bits per heavy atom. The zero-order valence-electron chi connectivity index (χ0n) is 10.7. The molecule has 6 nitrogen and oxygen atoms in total. The van der Waals surface area contributed by atoms with E-state index in [9.17, 15) is 9.59 Å². The van der Waals surface area contributed by atoms with Gasteiger partial charge in [-0.25, -0.2) is 9.59 Å². The van der Waals surface area contributed by atoms with Gasteiger partial charge in [0.1, 0.15) is 6.04 Å². The number of nitrogens with one attached hydrogen (secondary N) is 1. The minimum absolute atomic E-state index is 0.322. The van der Waals surface area contributed by atoms with E-state index in [4.69, 9.17) is 9.84 Å². The lowest BCUT2D eigenvalue weighted by Crippen LogP contribution is -2.42. The monoisotopic (exact) mass is 246 g/mol. The van der Waals surface area contributed by atoms with Gasteiger partial charge in [-0.1, -0.05) is 13.3 Å². The molecule has 0 aliphatic heterocycles. The first-order valence-corrected chi connectivity index (χ1v) is 5.78. The fraction of sp³-hybridized carbons (Fsp3) is 0.818. The quantitative estimate of drug-likeness (QED) is 0.622. The SMILES string of the molecule is CCCCOC(=O)NC(CCN(C)C)C(=O)O. The van der Waals surface area contributed by atoms with Crippen LogP contribution in [0.3, 0.4) is 0 Å². The molecule has 2 N–H and O–H groups in total. The van der Waals surface area contributed by atoms with Crippen molar-refractivity contribution in [1.82, 2.24) is 10.2 Å². The van der Waals surface area contributed by atoms with Crippen LogP contribution >= 0.6 is 0 Å². The highest BCUT2D eigenvalue weighted by atomic mass is 16.5. The lowest BCUT2D eigenvalue weighted by Gasteiger charge is -2.16. The summed E-state index contributed by atoms with van der Waals surface area (Å²) in [5.74, 6) is -1.04. The van der Waals surface area contributed by atoms with E-state index in [1.165, 1.54) is 0 Å². The lowest BCUT2D eigenvalue weighted by molar-refractivity contribution is -0.139. The molecule has 100 valence electrons. The molecule has 0 bridgehead atoms. The summed E-state index contributed by atoms with van der Waals surface area (Å²) in [6.45, 7) is 2.90. The molecule has 0 aliphatic rings. The molecule has 0 saturated carbocycles. The van der Waals surface area contributed by atoms with Gasteiger partial charge in [0, 0.05) is 6.54 Å². The van der Waals surface area contributed by atoms with E-state index in [0.717, 1.165) is 12.8 Å². The van der Waals surface area contributed by atoms with E-state index < -0.39 is 18.1 Å². The Kier molecular flexibility index (Phi) is 8.13. The van der Waals surface area contributed by atoms with E-state index in [0.29, 0.717) is 19.6 Å². The first-order chi connectivity index (χ1) is 7.97. The molecule has 0 saturated heterocycles. The maximum Gasteiger partial charge on any atom is 0.407 e. The molecule has 0 rings (SSSR count). The molecule has 0 aromatic carbocycles. The fourth-order valence-electron chi connectivity index (χ4n) is 1.14. The third kappa shape index (κ3) is 8.50. The highest BCUT2D eigenvalue weighted by molar-refractivity contribution is 5.79. The first kappa shape index (κ1) is 15.7. The average Bonchev–Trinajstić information content (AvgIpc) is 2.23. The number of alkyl carbamates (subject to hydrolysis) is 1. The van der Waals surface area contributed by atoms with Gasteiger partial charge in [0.25, 0.3) is 0 Å². The highest BCUT2D eigenvalue weighted by Gasteiger charge is 2.20. The summed E-state index contributed by atoms with van der Waals surface area (Å²) in [5, 5.41) is 11.3. The molecule has 0 heterocycles. The number of aliphatic carboxylic acids is 1. The smallest absolute Gasteiger partial charge is 0.407 e. The van der Waals surface area contributed by atoms with Crippen LogP contribution in [-0.4, -0.2) is 55.4 Å². The summed E-state index contributed by atoms with van der Waals surface area (Å²) in [5.41, 5.74) is 0. The predicted octanol–water partition coefficient (Wildman–Crippen LogP) is 0.918. The van der Waals surface area contributed by atoms with E-state index in [2.05, 4.69) is 5.32 Å². The molecule has 0 spiro atoms. The molecule has 1 unspecified atom stereocenters. The number of unbranched alkanes of at least 4 members (excludes halogenated alkanes) is 1. The van der Waals surface area contributed by atoms with Crippen molar-refractivity contribution in [2.45, 2.75) is 32.2 Å². The Labute approximate surface area is 102 Å². The van der Waals surface area contributed by atoms with Crippen molar-refractivity contribution < 1.29 is 19.4 Å². The number of hydrogen-bond donors (Lipinski definition) is 2. The Morgan fingerprint density at radius 3 is 2.53 bits per heavy atom. The highest BCUT2D eigenvalue weighted by Crippen LogP contribution is 1.96. The van der Waals surface area contributed by atoms with Crippen molar-refractivity contribution in [2.75, 3.05) is 27.2 Å². The van der Waals surface area contributed by atoms with E-state index in [-0.39, 0.29) is 0 Å². The van der Waals surface area contributed by atoms with Gasteiger partial charge in [-0.15, -0.1) is 0 Å². The normalized spacial score (nSPS) is 12.2. The summed E-state index contributed by atoms with van der Waals surface area (Å²) in [7, 11) is 3.69. The minimum Gasteiger partial charge on any atom is -0.480 e. The third-order valence-electron chi connectivity index (χ3n) is 2.19. The maximum atomic E-state index is 11.3. The maximum absolute atomic E-state index is 11.3. The number of hydrogen-bond acceptors (Lipinski definition) is 4. The van der Waals surface area contributed by atoms with Crippen LogP contribution in [0.25, 0.3) is 0 Å². The van der Waals surface area contributed by atoms with Crippen LogP contribution in [0.2, 0.25) is 0 Å². The van der Waals surface area contributed by atoms with Gasteiger partial charge in [0.15, 0.2) is 0 Å². The van der Waals surface area contributed by atoms with Crippen LogP contribution in [0.5, 0.6) is 0 Å². The molecule has 1 atom stereocenters. The summed E-state index contributed by atoms with van der Waals surface area (Å²) in [4.78, 5) is 24.0. The van der Waals surface area contributed by atoms with Crippen molar-refractivity contribution >= 4 is 12.1 Å². The number of carbonyl (C=O) groups excluding carboxylic acids is 1. The number of ether oxygens (including phenoxy) is 1. The minimum atomic E-state index is -1.04. The molecular formula is C11H22N2O4. The van der Waals surface area contributed by atoms with Crippen LogP contribution < -0.4 is 5.32 Å². The molecule has 6 heteroatoms. The topological polar surface area (TPSA) is 78.9 Å². The Morgan fingerprint density at radius 2 is 2.06 bits per heavy atom. The van der Waals surface area contributed by atoms with Gasteiger partial charge in [0.2, 0.25) is 0 Å².